The molecule has 0 aromatic carbocycles. The molecule has 20 heavy (non-hydrogen) atoms. The van der Waals surface area contributed by atoms with E-state index in [1.165, 1.54) is 20.3 Å². The van der Waals surface area contributed by atoms with Crippen LogP contribution in [0.4, 0.5) is 0 Å². The Labute approximate surface area is 118 Å². The first-order valence-corrected chi connectivity index (χ1v) is 6.62. The van der Waals surface area contributed by atoms with Crippen LogP contribution < -0.4 is 0 Å². The lowest BCUT2D eigenvalue weighted by atomic mass is 9.83. The minimum atomic E-state index is -0.617. The number of hydrogen-bond donors (Lipinski definition) is 0. The van der Waals surface area contributed by atoms with Gasteiger partial charge in [-0.05, 0) is 33.6 Å². The molecule has 2 saturated heterocycles. The van der Waals surface area contributed by atoms with Crippen molar-refractivity contribution in [3.8, 4) is 0 Å². The predicted octanol–water partition coefficient (Wildman–Crippen LogP) is 1.41. The summed E-state index contributed by atoms with van der Waals surface area (Å²) < 4.78 is 9.50. The molecule has 0 aromatic rings. The molecular weight excluding hydrogens is 262 g/mol. The maximum Gasteiger partial charge on any atom is 0.333 e. The van der Waals surface area contributed by atoms with E-state index in [2.05, 4.69) is 4.74 Å². The third-order valence-electron chi connectivity index (χ3n) is 4.26. The van der Waals surface area contributed by atoms with Gasteiger partial charge in [0, 0.05) is 0 Å². The molecule has 2 fully saturated rings. The van der Waals surface area contributed by atoms with Gasteiger partial charge >= 0.3 is 11.9 Å². The van der Waals surface area contributed by atoms with Gasteiger partial charge in [-0.15, -0.1) is 5.06 Å². The topological polar surface area (TPSA) is 65.1 Å². The number of methoxy groups -OCH3 is 2. The van der Waals surface area contributed by atoms with Gasteiger partial charge in [-0.1, -0.05) is 0 Å². The Hall–Kier alpha value is -1.56. The minimum Gasteiger partial charge on any atom is -0.468 e. The second-order valence-electron chi connectivity index (χ2n) is 6.08. The van der Waals surface area contributed by atoms with Crippen molar-refractivity contribution in [2.24, 2.45) is 5.92 Å². The molecule has 2 aliphatic heterocycles. The van der Waals surface area contributed by atoms with Crippen LogP contribution in [0, 0.1) is 5.92 Å². The monoisotopic (exact) mass is 283 g/mol. The Bertz CT molecular complexity index is 470. The molecule has 0 bridgehead atoms. The van der Waals surface area contributed by atoms with Crippen LogP contribution in [-0.2, 0) is 23.9 Å². The highest BCUT2D eigenvalue weighted by Gasteiger charge is 2.62. The van der Waals surface area contributed by atoms with Crippen LogP contribution in [0.15, 0.2) is 11.8 Å². The minimum absolute atomic E-state index is 0.202. The molecule has 0 spiro atoms. The molecule has 2 rings (SSSR count). The van der Waals surface area contributed by atoms with Gasteiger partial charge in [0.25, 0.3) is 0 Å². The van der Waals surface area contributed by atoms with Crippen molar-refractivity contribution in [1.82, 2.24) is 5.06 Å². The summed E-state index contributed by atoms with van der Waals surface area (Å²) in [4.78, 5) is 29.4. The summed E-state index contributed by atoms with van der Waals surface area (Å²) in [6.45, 7) is 6.06. The van der Waals surface area contributed by atoms with E-state index < -0.39 is 23.4 Å². The van der Waals surface area contributed by atoms with Crippen LogP contribution in [0.1, 0.15) is 33.6 Å². The number of carbonyl (C=O) groups excluding carboxylic acids is 2. The first-order chi connectivity index (χ1) is 9.26. The van der Waals surface area contributed by atoms with E-state index in [1.54, 1.807) is 0 Å². The van der Waals surface area contributed by atoms with Crippen LogP contribution in [0.25, 0.3) is 0 Å². The van der Waals surface area contributed by atoms with Gasteiger partial charge < -0.3 is 14.3 Å². The standard InChI is InChI=1S/C14H21NO5/c1-13(2)6-7-14(3)11(12(17)19-5)9(20-15(13)14)8-10(16)18-4/h8,11H,6-7H2,1-5H3/b9-8+. The zero-order valence-electron chi connectivity index (χ0n) is 12.6. The fourth-order valence-corrected chi connectivity index (χ4v) is 3.18. The van der Waals surface area contributed by atoms with Gasteiger partial charge in [0.1, 0.15) is 11.7 Å². The van der Waals surface area contributed by atoms with Crippen LogP contribution in [-0.4, -0.2) is 42.3 Å². The highest BCUT2D eigenvalue weighted by atomic mass is 16.7. The number of esters is 2. The van der Waals surface area contributed by atoms with E-state index in [9.17, 15) is 9.59 Å². The molecule has 112 valence electrons. The lowest BCUT2D eigenvalue weighted by molar-refractivity contribution is -0.176. The average molecular weight is 283 g/mol. The molecule has 6 nitrogen and oxygen atoms in total. The summed E-state index contributed by atoms with van der Waals surface area (Å²) >= 11 is 0. The number of rotatable bonds is 2. The van der Waals surface area contributed by atoms with Crippen LogP contribution in [0.3, 0.4) is 0 Å². The summed E-state index contributed by atoms with van der Waals surface area (Å²) in [5.74, 6) is -1.27. The summed E-state index contributed by atoms with van der Waals surface area (Å²) in [5, 5.41) is 1.82. The van der Waals surface area contributed by atoms with E-state index in [4.69, 9.17) is 9.57 Å². The molecule has 0 N–H and O–H groups in total. The predicted molar refractivity (Wildman–Crippen MR) is 70.2 cm³/mol. The Morgan fingerprint density at radius 1 is 1.25 bits per heavy atom. The largest absolute Gasteiger partial charge is 0.468 e. The van der Waals surface area contributed by atoms with Crippen LogP contribution in [0.5, 0.6) is 0 Å². The maximum atomic E-state index is 12.1. The summed E-state index contributed by atoms with van der Waals surface area (Å²) in [6.07, 6.45) is 2.92. The zero-order valence-corrected chi connectivity index (χ0v) is 12.6. The second kappa shape index (κ2) is 4.77. The van der Waals surface area contributed by atoms with Crippen molar-refractivity contribution in [2.45, 2.75) is 44.7 Å². The summed E-state index contributed by atoms with van der Waals surface area (Å²) in [7, 11) is 2.62. The summed E-state index contributed by atoms with van der Waals surface area (Å²) in [5.41, 5.74) is -0.705. The molecule has 0 radical (unpaired) electrons. The molecule has 2 unspecified atom stereocenters. The molecule has 0 aliphatic carbocycles. The van der Waals surface area contributed by atoms with Gasteiger partial charge in [0.2, 0.25) is 0 Å². The van der Waals surface area contributed by atoms with Gasteiger partial charge in [0.15, 0.2) is 0 Å². The number of nitrogens with zero attached hydrogens (tertiary/aromatic N) is 1. The Kier molecular flexibility index (Phi) is 3.54. The smallest absolute Gasteiger partial charge is 0.333 e. The molecule has 2 heterocycles. The first kappa shape index (κ1) is 14.8. The molecule has 0 amide bonds. The third kappa shape index (κ3) is 2.08. The average Bonchev–Trinajstić information content (AvgIpc) is 2.81. The highest BCUT2D eigenvalue weighted by Crippen LogP contribution is 2.53. The molecule has 2 atom stereocenters. The number of carbonyl (C=O) groups is 2. The van der Waals surface area contributed by atoms with Crippen LogP contribution >= 0.6 is 0 Å². The van der Waals surface area contributed by atoms with E-state index in [0.29, 0.717) is 5.76 Å². The third-order valence-corrected chi connectivity index (χ3v) is 4.26. The molecule has 0 saturated carbocycles. The van der Waals surface area contributed by atoms with Crippen molar-refractivity contribution in [1.29, 1.82) is 0 Å². The first-order valence-electron chi connectivity index (χ1n) is 6.62. The van der Waals surface area contributed by atoms with E-state index in [1.807, 2.05) is 25.8 Å². The van der Waals surface area contributed by atoms with Crippen molar-refractivity contribution in [3.05, 3.63) is 11.8 Å². The van der Waals surface area contributed by atoms with E-state index in [0.717, 1.165) is 12.8 Å². The molecule has 0 aromatic heterocycles. The fraction of sp³-hybridized carbons (Fsp3) is 0.714. The lowest BCUT2D eigenvalue weighted by Crippen LogP contribution is -2.48. The molecular formula is C14H21NO5. The Morgan fingerprint density at radius 3 is 2.45 bits per heavy atom. The normalized spacial score (nSPS) is 33.6. The number of hydroxylamine groups is 2. The molecule has 6 heteroatoms. The Morgan fingerprint density at radius 2 is 1.90 bits per heavy atom. The van der Waals surface area contributed by atoms with Crippen molar-refractivity contribution in [3.63, 3.8) is 0 Å². The van der Waals surface area contributed by atoms with Crippen molar-refractivity contribution < 1.29 is 23.9 Å². The highest BCUT2D eigenvalue weighted by molar-refractivity contribution is 5.85. The van der Waals surface area contributed by atoms with E-state index in [-0.39, 0.29) is 5.54 Å². The lowest BCUT2D eigenvalue weighted by Gasteiger charge is -2.34. The summed E-state index contributed by atoms with van der Waals surface area (Å²) in [6, 6.07) is 0. The van der Waals surface area contributed by atoms with E-state index >= 15 is 0 Å². The van der Waals surface area contributed by atoms with Gasteiger partial charge in [-0.2, -0.15) is 0 Å². The second-order valence-corrected chi connectivity index (χ2v) is 6.08. The van der Waals surface area contributed by atoms with Gasteiger partial charge in [0.05, 0.1) is 31.4 Å². The quantitative estimate of drug-likeness (QED) is 0.564. The Balaban J connectivity index is 2.44. The van der Waals surface area contributed by atoms with Gasteiger partial charge in [-0.3, -0.25) is 4.79 Å². The molecule has 2 aliphatic rings. The zero-order chi connectivity index (χ0) is 15.1. The fourth-order valence-electron chi connectivity index (χ4n) is 3.18. The van der Waals surface area contributed by atoms with Crippen molar-refractivity contribution >= 4 is 11.9 Å². The number of hydrogen-bond acceptors (Lipinski definition) is 6. The number of ether oxygens (including phenoxy) is 2. The van der Waals surface area contributed by atoms with Gasteiger partial charge in [-0.25, -0.2) is 4.79 Å². The maximum absolute atomic E-state index is 12.1. The van der Waals surface area contributed by atoms with Crippen molar-refractivity contribution in [2.75, 3.05) is 14.2 Å². The van der Waals surface area contributed by atoms with Crippen LogP contribution in [0.2, 0.25) is 0 Å². The SMILES string of the molecule is COC(=O)/C=C1/ON2C(C)(C)CCC2(C)C1C(=O)OC. The number of fused-ring (bicyclic) bond motifs is 1.